The van der Waals surface area contributed by atoms with Gasteiger partial charge in [-0.2, -0.15) is 0 Å². The normalized spacial score (nSPS) is 20.6. The zero-order valence-corrected chi connectivity index (χ0v) is 13.4. The Labute approximate surface area is 123 Å². The molecular weight excluding hydrogens is 246 g/mol. The van der Waals surface area contributed by atoms with Gasteiger partial charge in [0.25, 0.3) is 0 Å². The molecule has 1 fully saturated rings. The third-order valence-corrected chi connectivity index (χ3v) is 4.33. The average molecular weight is 275 g/mol. The van der Waals surface area contributed by atoms with E-state index < -0.39 is 0 Å². The largest absolute Gasteiger partial charge is 0.353 e. The lowest BCUT2D eigenvalue weighted by molar-refractivity contribution is 0.489. The van der Waals surface area contributed by atoms with E-state index in [1.54, 1.807) is 0 Å². The summed E-state index contributed by atoms with van der Waals surface area (Å²) in [5, 5.41) is 3.55. The molecule has 0 aliphatic carbocycles. The fourth-order valence-corrected chi connectivity index (χ4v) is 3.11. The first-order valence-electron chi connectivity index (χ1n) is 8.09. The van der Waals surface area contributed by atoms with Gasteiger partial charge in [-0.05, 0) is 56.3 Å². The number of hydrogen-bond acceptors (Lipinski definition) is 3. The first-order valence-corrected chi connectivity index (χ1v) is 8.09. The van der Waals surface area contributed by atoms with Crippen LogP contribution in [0.5, 0.6) is 0 Å². The molecule has 0 aromatic carbocycles. The Bertz CT molecular complexity index is 416. The molecule has 2 rings (SSSR count). The fourth-order valence-electron chi connectivity index (χ4n) is 3.11. The lowest BCUT2D eigenvalue weighted by atomic mass is 10.0. The summed E-state index contributed by atoms with van der Waals surface area (Å²) >= 11 is 0. The number of nitrogens with zero attached hydrogens (tertiary/aromatic N) is 2. The Hall–Kier alpha value is -1.09. The van der Waals surface area contributed by atoms with Crippen molar-refractivity contribution in [1.82, 2.24) is 10.3 Å². The van der Waals surface area contributed by atoms with Crippen molar-refractivity contribution in [1.29, 1.82) is 0 Å². The number of anilines is 1. The fraction of sp³-hybridized carbons (Fsp3) is 0.706. The summed E-state index contributed by atoms with van der Waals surface area (Å²) in [6.45, 7) is 11.3. The molecule has 2 atom stereocenters. The van der Waals surface area contributed by atoms with Crippen molar-refractivity contribution in [2.75, 3.05) is 18.0 Å². The number of rotatable bonds is 6. The van der Waals surface area contributed by atoms with Crippen LogP contribution in [-0.4, -0.2) is 24.1 Å². The Balaban J connectivity index is 2.13. The molecule has 1 aromatic rings. The van der Waals surface area contributed by atoms with Crippen molar-refractivity contribution in [2.45, 2.75) is 59.0 Å². The summed E-state index contributed by atoms with van der Waals surface area (Å²) in [5.74, 6) is 1.85. The van der Waals surface area contributed by atoms with Gasteiger partial charge in [0.15, 0.2) is 0 Å². The highest BCUT2D eigenvalue weighted by atomic mass is 15.2. The zero-order valence-electron chi connectivity index (χ0n) is 13.4. The first kappa shape index (κ1) is 15.3. The SMILES string of the molecule is CCCNC(C)c1ccnc(N2CCCC2C(C)C)c1. The second-order valence-electron chi connectivity index (χ2n) is 6.27. The van der Waals surface area contributed by atoms with Crippen molar-refractivity contribution in [2.24, 2.45) is 5.92 Å². The molecule has 0 saturated carbocycles. The molecular formula is C17H29N3. The van der Waals surface area contributed by atoms with Crippen LogP contribution in [0.3, 0.4) is 0 Å². The highest BCUT2D eigenvalue weighted by Crippen LogP contribution is 2.29. The summed E-state index contributed by atoms with van der Waals surface area (Å²) in [7, 11) is 0. The van der Waals surface area contributed by atoms with Gasteiger partial charge in [-0.3, -0.25) is 0 Å². The number of nitrogens with one attached hydrogen (secondary N) is 1. The highest BCUT2D eigenvalue weighted by Gasteiger charge is 2.28. The quantitative estimate of drug-likeness (QED) is 0.856. The van der Waals surface area contributed by atoms with Crippen molar-refractivity contribution < 1.29 is 0 Å². The molecule has 3 heteroatoms. The molecule has 1 aliphatic heterocycles. The molecule has 2 unspecified atom stereocenters. The van der Waals surface area contributed by atoms with E-state index in [2.05, 4.69) is 55.0 Å². The molecule has 3 nitrogen and oxygen atoms in total. The molecule has 112 valence electrons. The lowest BCUT2D eigenvalue weighted by Gasteiger charge is -2.29. The van der Waals surface area contributed by atoms with E-state index in [1.165, 1.54) is 24.8 Å². The Morgan fingerprint density at radius 3 is 2.90 bits per heavy atom. The minimum absolute atomic E-state index is 0.400. The highest BCUT2D eigenvalue weighted by molar-refractivity contribution is 5.44. The van der Waals surface area contributed by atoms with Gasteiger partial charge in [-0.15, -0.1) is 0 Å². The second-order valence-corrected chi connectivity index (χ2v) is 6.27. The van der Waals surface area contributed by atoms with Crippen molar-refractivity contribution in [3.8, 4) is 0 Å². The van der Waals surface area contributed by atoms with E-state index in [4.69, 9.17) is 0 Å². The summed E-state index contributed by atoms with van der Waals surface area (Å²) in [4.78, 5) is 7.12. The number of pyridine rings is 1. The van der Waals surface area contributed by atoms with Gasteiger partial charge in [-0.25, -0.2) is 4.98 Å². The van der Waals surface area contributed by atoms with Crippen LogP contribution in [0.25, 0.3) is 0 Å². The van der Waals surface area contributed by atoms with Gasteiger partial charge in [0, 0.05) is 24.8 Å². The van der Waals surface area contributed by atoms with Crippen molar-refractivity contribution >= 4 is 5.82 Å². The van der Waals surface area contributed by atoms with E-state index in [-0.39, 0.29) is 0 Å². The molecule has 2 heterocycles. The molecule has 0 spiro atoms. The van der Waals surface area contributed by atoms with Crippen LogP contribution in [0.4, 0.5) is 5.82 Å². The Kier molecular flexibility index (Phi) is 5.41. The van der Waals surface area contributed by atoms with Gasteiger partial charge in [0.1, 0.15) is 5.82 Å². The van der Waals surface area contributed by atoms with E-state index in [9.17, 15) is 0 Å². The maximum absolute atomic E-state index is 4.61. The molecule has 1 saturated heterocycles. The van der Waals surface area contributed by atoms with E-state index in [0.717, 1.165) is 18.9 Å². The predicted molar refractivity (Wildman–Crippen MR) is 86.2 cm³/mol. The summed E-state index contributed by atoms with van der Waals surface area (Å²) in [6.07, 6.45) is 5.72. The van der Waals surface area contributed by atoms with Gasteiger partial charge < -0.3 is 10.2 Å². The summed E-state index contributed by atoms with van der Waals surface area (Å²) in [5.41, 5.74) is 1.35. The van der Waals surface area contributed by atoms with Crippen molar-refractivity contribution in [3.05, 3.63) is 23.9 Å². The van der Waals surface area contributed by atoms with Crippen LogP contribution >= 0.6 is 0 Å². The molecule has 1 aliphatic rings. The second kappa shape index (κ2) is 7.07. The molecule has 0 amide bonds. The monoisotopic (exact) mass is 275 g/mol. The van der Waals surface area contributed by atoms with Gasteiger partial charge in [-0.1, -0.05) is 20.8 Å². The van der Waals surface area contributed by atoms with Crippen LogP contribution in [0.2, 0.25) is 0 Å². The minimum atomic E-state index is 0.400. The topological polar surface area (TPSA) is 28.2 Å². The molecule has 1 N–H and O–H groups in total. The first-order chi connectivity index (χ1) is 9.63. The minimum Gasteiger partial charge on any atom is -0.353 e. The molecule has 20 heavy (non-hydrogen) atoms. The predicted octanol–water partition coefficient (Wildman–Crippen LogP) is 3.77. The van der Waals surface area contributed by atoms with Gasteiger partial charge in [0.2, 0.25) is 0 Å². The molecule has 0 bridgehead atoms. The Morgan fingerprint density at radius 2 is 2.20 bits per heavy atom. The van der Waals surface area contributed by atoms with Gasteiger partial charge >= 0.3 is 0 Å². The standard InChI is InChI=1S/C17H29N3/c1-5-9-18-14(4)15-8-10-19-17(12-15)20-11-6-7-16(20)13(2)3/h8,10,12-14,16,18H,5-7,9,11H2,1-4H3. The van der Waals surface area contributed by atoms with Gasteiger partial charge in [0.05, 0.1) is 0 Å². The maximum Gasteiger partial charge on any atom is 0.129 e. The third kappa shape index (κ3) is 3.51. The molecule has 1 aromatic heterocycles. The van der Waals surface area contributed by atoms with Crippen LogP contribution in [0.15, 0.2) is 18.3 Å². The van der Waals surface area contributed by atoms with E-state index >= 15 is 0 Å². The molecule has 0 radical (unpaired) electrons. The van der Waals surface area contributed by atoms with E-state index in [0.29, 0.717) is 18.0 Å². The maximum atomic E-state index is 4.61. The van der Waals surface area contributed by atoms with Crippen LogP contribution in [0, 0.1) is 5.92 Å². The average Bonchev–Trinajstić information content (AvgIpc) is 2.94. The van der Waals surface area contributed by atoms with Crippen LogP contribution in [0.1, 0.15) is 58.6 Å². The van der Waals surface area contributed by atoms with Crippen molar-refractivity contribution in [3.63, 3.8) is 0 Å². The summed E-state index contributed by atoms with van der Waals surface area (Å²) in [6, 6.07) is 5.46. The third-order valence-electron chi connectivity index (χ3n) is 4.33. The lowest BCUT2D eigenvalue weighted by Crippen LogP contribution is -2.34. The number of aromatic nitrogens is 1. The Morgan fingerprint density at radius 1 is 1.40 bits per heavy atom. The van der Waals surface area contributed by atoms with Crippen LogP contribution in [-0.2, 0) is 0 Å². The number of hydrogen-bond donors (Lipinski definition) is 1. The summed E-state index contributed by atoms with van der Waals surface area (Å²) < 4.78 is 0. The smallest absolute Gasteiger partial charge is 0.129 e. The zero-order chi connectivity index (χ0) is 14.5. The van der Waals surface area contributed by atoms with E-state index in [1.807, 2.05) is 6.20 Å². The van der Waals surface area contributed by atoms with Crippen LogP contribution < -0.4 is 10.2 Å².